The average molecular weight is 383 g/mol. The molecule has 9 nitrogen and oxygen atoms in total. The molecule has 0 spiro atoms. The smallest absolute Gasteiger partial charge is 0.271 e. The third-order valence-corrected chi connectivity index (χ3v) is 5.09. The molecule has 0 aliphatic carbocycles. The Balaban J connectivity index is 1.23. The second-order valence-electron chi connectivity index (χ2n) is 7.58. The van der Waals surface area contributed by atoms with Gasteiger partial charge in [-0.2, -0.15) is 10.1 Å². The van der Waals surface area contributed by atoms with E-state index in [4.69, 9.17) is 4.52 Å². The highest BCUT2D eigenvalue weighted by Crippen LogP contribution is 2.19. The number of carbonyl (C=O) groups is 1. The fourth-order valence-electron chi connectivity index (χ4n) is 3.38. The summed E-state index contributed by atoms with van der Waals surface area (Å²) in [5.41, 5.74) is 1.07. The largest absolute Gasteiger partial charge is 0.350 e. The number of piperidine rings is 1. The number of nitrogens with one attached hydrogen (secondary N) is 1. The molecule has 3 aromatic heterocycles. The lowest BCUT2D eigenvalue weighted by Crippen LogP contribution is -2.38. The number of carbonyl (C=O) groups excluding carboxylic acids is 1. The van der Waals surface area contributed by atoms with Gasteiger partial charge in [0.05, 0.1) is 6.54 Å². The third-order valence-electron chi connectivity index (χ3n) is 5.09. The van der Waals surface area contributed by atoms with E-state index in [0.717, 1.165) is 31.8 Å². The van der Waals surface area contributed by atoms with Crippen LogP contribution in [0.15, 0.2) is 29.0 Å². The van der Waals surface area contributed by atoms with Gasteiger partial charge in [0.15, 0.2) is 17.2 Å². The molecule has 148 valence electrons. The van der Waals surface area contributed by atoms with E-state index < -0.39 is 0 Å². The van der Waals surface area contributed by atoms with Crippen molar-refractivity contribution in [2.75, 3.05) is 19.6 Å². The summed E-state index contributed by atoms with van der Waals surface area (Å²) in [6.07, 6.45) is 5.52. The molecule has 0 atom stereocenters. The fourth-order valence-corrected chi connectivity index (χ4v) is 3.38. The van der Waals surface area contributed by atoms with Crippen LogP contribution in [-0.4, -0.2) is 55.2 Å². The summed E-state index contributed by atoms with van der Waals surface area (Å²) in [5.74, 6) is 2.02. The minimum atomic E-state index is -0.153. The molecule has 0 aromatic carbocycles. The molecule has 4 rings (SSSR count). The molecule has 1 aliphatic rings. The first-order valence-corrected chi connectivity index (χ1v) is 9.72. The number of rotatable bonds is 6. The summed E-state index contributed by atoms with van der Waals surface area (Å²) < 4.78 is 6.94. The van der Waals surface area contributed by atoms with E-state index in [1.54, 1.807) is 29.0 Å². The Morgan fingerprint density at radius 1 is 1.36 bits per heavy atom. The van der Waals surface area contributed by atoms with Gasteiger partial charge < -0.3 is 9.84 Å². The predicted molar refractivity (Wildman–Crippen MR) is 102 cm³/mol. The zero-order chi connectivity index (χ0) is 19.5. The van der Waals surface area contributed by atoms with Crippen LogP contribution in [0.3, 0.4) is 0 Å². The summed E-state index contributed by atoms with van der Waals surface area (Å²) >= 11 is 0. The molecule has 0 radical (unpaired) electrons. The van der Waals surface area contributed by atoms with Crippen LogP contribution in [0.2, 0.25) is 0 Å². The number of nitrogens with zero attached hydrogens (tertiary/aromatic N) is 6. The Bertz CT molecular complexity index is 908. The standard InChI is InChI=1S/C19H25N7O2/c1-13(2)18-22-17(28-24-18)12-25-8-4-14(5-9-25)11-21-19(27)15-10-16-20-6-3-7-26(16)23-15/h3,6-7,10,13-14H,4-5,8-9,11-12H2,1-2H3,(H,21,27). The Labute approximate surface area is 163 Å². The molecule has 0 unspecified atom stereocenters. The molecule has 4 heterocycles. The Kier molecular flexibility index (Phi) is 5.34. The van der Waals surface area contributed by atoms with Crippen molar-refractivity contribution in [2.24, 2.45) is 5.92 Å². The van der Waals surface area contributed by atoms with Crippen LogP contribution in [0.25, 0.3) is 5.65 Å². The number of hydrogen-bond acceptors (Lipinski definition) is 7. The molecular formula is C19H25N7O2. The van der Waals surface area contributed by atoms with Gasteiger partial charge in [0.25, 0.3) is 5.91 Å². The normalized spacial score (nSPS) is 16.1. The second-order valence-corrected chi connectivity index (χ2v) is 7.58. The van der Waals surface area contributed by atoms with Gasteiger partial charge >= 0.3 is 0 Å². The Morgan fingerprint density at radius 2 is 2.18 bits per heavy atom. The molecule has 1 amide bonds. The van der Waals surface area contributed by atoms with Gasteiger partial charge in [0.1, 0.15) is 0 Å². The van der Waals surface area contributed by atoms with Gasteiger partial charge in [-0.25, -0.2) is 9.50 Å². The van der Waals surface area contributed by atoms with Gasteiger partial charge in [-0.15, -0.1) is 0 Å². The van der Waals surface area contributed by atoms with Crippen molar-refractivity contribution in [2.45, 2.75) is 39.2 Å². The van der Waals surface area contributed by atoms with E-state index in [9.17, 15) is 4.79 Å². The maximum atomic E-state index is 12.4. The molecule has 3 aromatic rings. The maximum absolute atomic E-state index is 12.4. The highest BCUT2D eigenvalue weighted by molar-refractivity contribution is 5.93. The molecule has 1 aliphatic heterocycles. The minimum absolute atomic E-state index is 0.153. The zero-order valence-corrected chi connectivity index (χ0v) is 16.2. The molecule has 1 saturated heterocycles. The Morgan fingerprint density at radius 3 is 2.89 bits per heavy atom. The second kappa shape index (κ2) is 8.05. The van der Waals surface area contributed by atoms with Crippen molar-refractivity contribution in [1.82, 2.24) is 35.0 Å². The third kappa shape index (κ3) is 4.19. The average Bonchev–Trinajstić information content (AvgIpc) is 3.34. The lowest BCUT2D eigenvalue weighted by molar-refractivity contribution is 0.0928. The molecule has 0 bridgehead atoms. The quantitative estimate of drug-likeness (QED) is 0.693. The van der Waals surface area contributed by atoms with E-state index in [0.29, 0.717) is 36.2 Å². The van der Waals surface area contributed by atoms with Crippen LogP contribution in [-0.2, 0) is 6.54 Å². The lowest BCUT2D eigenvalue weighted by Gasteiger charge is -2.30. The van der Waals surface area contributed by atoms with Crippen molar-refractivity contribution in [1.29, 1.82) is 0 Å². The highest BCUT2D eigenvalue weighted by atomic mass is 16.5. The SMILES string of the molecule is CC(C)c1noc(CN2CCC(CNC(=O)c3cc4ncccn4n3)CC2)n1. The van der Waals surface area contributed by atoms with Crippen molar-refractivity contribution < 1.29 is 9.32 Å². The number of amides is 1. The van der Waals surface area contributed by atoms with Gasteiger partial charge in [0, 0.05) is 30.9 Å². The first kappa shape index (κ1) is 18.5. The summed E-state index contributed by atoms with van der Waals surface area (Å²) in [6, 6.07) is 3.49. The van der Waals surface area contributed by atoms with Gasteiger partial charge in [-0.1, -0.05) is 19.0 Å². The summed E-state index contributed by atoms with van der Waals surface area (Å²) in [7, 11) is 0. The van der Waals surface area contributed by atoms with E-state index in [-0.39, 0.29) is 11.8 Å². The van der Waals surface area contributed by atoms with Crippen LogP contribution in [0.5, 0.6) is 0 Å². The molecule has 1 fully saturated rings. The topological polar surface area (TPSA) is 101 Å². The van der Waals surface area contributed by atoms with E-state index >= 15 is 0 Å². The fraction of sp³-hybridized carbons (Fsp3) is 0.526. The van der Waals surface area contributed by atoms with Gasteiger partial charge in [-0.3, -0.25) is 9.69 Å². The first-order valence-electron chi connectivity index (χ1n) is 9.72. The van der Waals surface area contributed by atoms with Gasteiger partial charge in [0.2, 0.25) is 5.89 Å². The summed E-state index contributed by atoms with van der Waals surface area (Å²) in [6.45, 7) is 7.36. The van der Waals surface area contributed by atoms with Crippen LogP contribution in [0.4, 0.5) is 0 Å². The number of aromatic nitrogens is 5. The Hall–Kier alpha value is -2.81. The van der Waals surface area contributed by atoms with Crippen LogP contribution < -0.4 is 5.32 Å². The van der Waals surface area contributed by atoms with E-state index in [1.807, 2.05) is 0 Å². The van der Waals surface area contributed by atoms with Crippen LogP contribution in [0.1, 0.15) is 54.8 Å². The predicted octanol–water partition coefficient (Wildman–Crippen LogP) is 1.88. The first-order chi connectivity index (χ1) is 13.6. The molecule has 0 saturated carbocycles. The summed E-state index contributed by atoms with van der Waals surface area (Å²) in [4.78, 5) is 23.3. The minimum Gasteiger partial charge on any atom is -0.350 e. The van der Waals surface area contributed by atoms with Crippen LogP contribution in [0, 0.1) is 5.92 Å². The van der Waals surface area contributed by atoms with Crippen molar-refractivity contribution >= 4 is 11.6 Å². The molecule has 28 heavy (non-hydrogen) atoms. The lowest BCUT2D eigenvalue weighted by atomic mass is 9.97. The monoisotopic (exact) mass is 383 g/mol. The highest BCUT2D eigenvalue weighted by Gasteiger charge is 2.22. The molecule has 1 N–H and O–H groups in total. The number of fused-ring (bicyclic) bond motifs is 1. The maximum Gasteiger partial charge on any atom is 0.271 e. The van der Waals surface area contributed by atoms with Crippen LogP contribution >= 0.6 is 0 Å². The molecular weight excluding hydrogens is 358 g/mol. The van der Waals surface area contributed by atoms with E-state index in [1.165, 1.54) is 0 Å². The summed E-state index contributed by atoms with van der Waals surface area (Å²) in [5, 5.41) is 11.3. The van der Waals surface area contributed by atoms with Crippen molar-refractivity contribution in [3.63, 3.8) is 0 Å². The van der Waals surface area contributed by atoms with Crippen molar-refractivity contribution in [3.8, 4) is 0 Å². The number of hydrogen-bond donors (Lipinski definition) is 1. The van der Waals surface area contributed by atoms with Crippen molar-refractivity contribution in [3.05, 3.63) is 41.9 Å². The number of likely N-dealkylation sites (tertiary alicyclic amines) is 1. The zero-order valence-electron chi connectivity index (χ0n) is 16.2. The van der Waals surface area contributed by atoms with Gasteiger partial charge in [-0.05, 0) is 37.9 Å². The van der Waals surface area contributed by atoms with E-state index in [2.05, 4.69) is 44.3 Å². The molecule has 9 heteroatoms.